The lowest BCUT2D eigenvalue weighted by Crippen LogP contribution is -2.64. The average molecular weight is 665 g/mol. The van der Waals surface area contributed by atoms with Crippen molar-refractivity contribution >= 4 is 11.9 Å². The molecule has 8 heteroatoms. The Morgan fingerprint density at radius 2 is 1.54 bits per heavy atom. The molecule has 8 nitrogen and oxygen atoms in total. The molecule has 0 aromatic carbocycles. The smallest absolute Gasteiger partial charge is 0.338 e. The highest BCUT2D eigenvalue weighted by Crippen LogP contribution is 2.69. The Kier molecular flexibility index (Phi) is 9.09. The second-order valence-corrected chi connectivity index (χ2v) is 16.9. The number of allylic oxidation sites excluding steroid dienone is 2. The van der Waals surface area contributed by atoms with Crippen LogP contribution in [0.1, 0.15) is 91.9 Å². The van der Waals surface area contributed by atoms with Gasteiger partial charge in [0.15, 0.2) is 0 Å². The Morgan fingerprint density at radius 3 is 2.19 bits per heavy atom. The van der Waals surface area contributed by atoms with E-state index in [1.807, 2.05) is 32.1 Å². The highest BCUT2D eigenvalue weighted by atomic mass is 16.6. The molecule has 0 aromatic rings. The summed E-state index contributed by atoms with van der Waals surface area (Å²) in [4.78, 5) is 26.3. The molecule has 4 aliphatic carbocycles. The number of carbonyl (C=O) groups excluding carboxylic acids is 2. The molecule has 6 aliphatic rings. The van der Waals surface area contributed by atoms with Crippen LogP contribution < -0.4 is 0 Å². The standard InChI is InChI=1S/C40H56O8/c1-24-7-11-29-36(3,17-14-31(43)37(29,4)22-41)28(24)10-9-27-21-33(48-35(27)46)40(19-13-26-16-20-47-34(26)45)25(2)8-12-30-38(5,23-42)32(44)15-18-39(30,40)6/h9-10,16,21,28-33,41-44H,1-2,7-8,11-15,17-20,22-23H2,3-6H3/b10-9+. The van der Waals surface area contributed by atoms with E-state index in [1.165, 1.54) is 0 Å². The van der Waals surface area contributed by atoms with E-state index < -0.39 is 45.9 Å². The van der Waals surface area contributed by atoms with Crippen LogP contribution in [0.25, 0.3) is 0 Å². The van der Waals surface area contributed by atoms with Crippen molar-refractivity contribution in [2.45, 2.75) is 110 Å². The fraction of sp³-hybridized carbons (Fsp3) is 0.700. The highest BCUT2D eigenvalue weighted by Gasteiger charge is 2.67. The number of ether oxygens (including phenoxy) is 2. The van der Waals surface area contributed by atoms with Gasteiger partial charge in [-0.2, -0.15) is 0 Å². The van der Waals surface area contributed by atoms with Gasteiger partial charge >= 0.3 is 11.9 Å². The summed E-state index contributed by atoms with van der Waals surface area (Å²) in [5.41, 5.74) is 0.366. The molecule has 4 N–H and O–H groups in total. The molecule has 264 valence electrons. The third-order valence-electron chi connectivity index (χ3n) is 14.9. The number of aliphatic hydroxyl groups is 4. The zero-order chi connectivity index (χ0) is 34.9. The minimum Gasteiger partial charge on any atom is -0.458 e. The molecule has 4 saturated carbocycles. The summed E-state index contributed by atoms with van der Waals surface area (Å²) in [6, 6.07) is 0. The van der Waals surface area contributed by atoms with E-state index in [9.17, 15) is 30.0 Å². The summed E-state index contributed by atoms with van der Waals surface area (Å²) in [5.74, 6) is -0.724. The van der Waals surface area contributed by atoms with E-state index in [2.05, 4.69) is 33.1 Å². The third-order valence-corrected chi connectivity index (χ3v) is 14.9. The molecule has 0 saturated heterocycles. The van der Waals surface area contributed by atoms with Crippen LogP contribution in [0.3, 0.4) is 0 Å². The van der Waals surface area contributed by atoms with Crippen LogP contribution >= 0.6 is 0 Å². The molecule has 0 radical (unpaired) electrons. The van der Waals surface area contributed by atoms with Gasteiger partial charge in [0.05, 0.1) is 31.0 Å². The zero-order valence-electron chi connectivity index (χ0n) is 29.3. The average Bonchev–Trinajstić information content (AvgIpc) is 3.64. The van der Waals surface area contributed by atoms with Crippen molar-refractivity contribution in [3.05, 3.63) is 59.8 Å². The maximum Gasteiger partial charge on any atom is 0.338 e. The Bertz CT molecular complexity index is 1460. The van der Waals surface area contributed by atoms with Crippen LogP contribution in [0.15, 0.2) is 59.8 Å². The van der Waals surface area contributed by atoms with Crippen molar-refractivity contribution in [1.29, 1.82) is 0 Å². The Morgan fingerprint density at radius 1 is 0.896 bits per heavy atom. The molecule has 0 spiro atoms. The first-order valence-corrected chi connectivity index (χ1v) is 18.0. The maximum atomic E-state index is 13.8. The van der Waals surface area contributed by atoms with Crippen molar-refractivity contribution < 1.29 is 39.5 Å². The maximum absolute atomic E-state index is 13.8. The monoisotopic (exact) mass is 664 g/mol. The first kappa shape index (κ1) is 35.3. The summed E-state index contributed by atoms with van der Waals surface area (Å²) >= 11 is 0. The van der Waals surface area contributed by atoms with E-state index in [1.54, 1.807) is 0 Å². The lowest BCUT2D eigenvalue weighted by atomic mass is 9.39. The Labute approximate surface area is 285 Å². The van der Waals surface area contributed by atoms with Crippen molar-refractivity contribution in [2.75, 3.05) is 19.8 Å². The zero-order valence-corrected chi connectivity index (χ0v) is 29.3. The SMILES string of the molecule is C=C1CCC2C(C)(CO)C(O)CCC2(C)C1/C=C/C1=CC(C2(CCC3=CCOC3=O)C(=C)CCC3C(C)(CO)C(O)CCC32C)OC1=O. The van der Waals surface area contributed by atoms with Crippen LogP contribution in [-0.4, -0.2) is 70.5 Å². The molecule has 2 aliphatic heterocycles. The number of cyclic esters (lactones) is 2. The van der Waals surface area contributed by atoms with Gasteiger partial charge in [0.1, 0.15) is 12.7 Å². The predicted molar refractivity (Wildman–Crippen MR) is 182 cm³/mol. The molecule has 11 atom stereocenters. The number of hydrogen-bond acceptors (Lipinski definition) is 8. The van der Waals surface area contributed by atoms with Gasteiger partial charge in [0.2, 0.25) is 0 Å². The van der Waals surface area contributed by atoms with Crippen molar-refractivity contribution in [1.82, 2.24) is 0 Å². The molecular formula is C40H56O8. The fourth-order valence-corrected chi connectivity index (χ4v) is 11.8. The van der Waals surface area contributed by atoms with E-state index in [-0.39, 0.29) is 49.0 Å². The van der Waals surface area contributed by atoms with E-state index >= 15 is 0 Å². The van der Waals surface area contributed by atoms with Crippen molar-refractivity contribution in [3.8, 4) is 0 Å². The molecule has 0 aromatic heterocycles. The molecule has 4 fully saturated rings. The van der Waals surface area contributed by atoms with Crippen LogP contribution in [0.4, 0.5) is 0 Å². The van der Waals surface area contributed by atoms with Gasteiger partial charge in [0, 0.05) is 27.7 Å². The van der Waals surface area contributed by atoms with Crippen LogP contribution in [0.2, 0.25) is 0 Å². The molecule has 0 amide bonds. The summed E-state index contributed by atoms with van der Waals surface area (Å²) < 4.78 is 11.6. The van der Waals surface area contributed by atoms with Crippen LogP contribution in [0.5, 0.6) is 0 Å². The topological polar surface area (TPSA) is 134 Å². The molecule has 48 heavy (non-hydrogen) atoms. The Hall–Kier alpha value is -2.52. The molecule has 6 rings (SSSR count). The largest absolute Gasteiger partial charge is 0.458 e. The number of aliphatic hydroxyl groups excluding tert-OH is 4. The molecular weight excluding hydrogens is 608 g/mol. The Balaban J connectivity index is 1.38. The molecule has 2 heterocycles. The van der Waals surface area contributed by atoms with Gasteiger partial charge < -0.3 is 29.9 Å². The van der Waals surface area contributed by atoms with Crippen LogP contribution in [0, 0.1) is 44.8 Å². The van der Waals surface area contributed by atoms with Crippen molar-refractivity contribution in [3.63, 3.8) is 0 Å². The quantitative estimate of drug-likeness (QED) is 0.197. The summed E-state index contributed by atoms with van der Waals surface area (Å²) in [7, 11) is 0. The first-order chi connectivity index (χ1) is 22.6. The number of hydrogen-bond donors (Lipinski definition) is 4. The minimum absolute atomic E-state index is 0.0340. The molecule has 11 unspecified atom stereocenters. The summed E-state index contributed by atoms with van der Waals surface area (Å²) in [5, 5.41) is 43.2. The minimum atomic E-state index is -0.741. The first-order valence-electron chi connectivity index (χ1n) is 18.0. The number of carbonyl (C=O) groups is 2. The summed E-state index contributed by atoms with van der Waals surface area (Å²) in [6.07, 6.45) is 12.5. The second kappa shape index (κ2) is 12.4. The molecule has 0 bridgehead atoms. The summed E-state index contributed by atoms with van der Waals surface area (Å²) in [6.45, 7) is 17.5. The third kappa shape index (κ3) is 4.98. The van der Waals surface area contributed by atoms with Crippen molar-refractivity contribution in [2.24, 2.45) is 44.8 Å². The van der Waals surface area contributed by atoms with Gasteiger partial charge in [0.25, 0.3) is 0 Å². The van der Waals surface area contributed by atoms with Gasteiger partial charge in [-0.3, -0.25) is 0 Å². The normalized spacial score (nSPS) is 46.2. The van der Waals surface area contributed by atoms with E-state index in [0.29, 0.717) is 49.7 Å². The highest BCUT2D eigenvalue weighted by molar-refractivity contribution is 5.94. The number of esters is 2. The lowest BCUT2D eigenvalue weighted by molar-refractivity contribution is -0.199. The van der Waals surface area contributed by atoms with Gasteiger partial charge in [-0.15, -0.1) is 0 Å². The predicted octanol–water partition coefficient (Wildman–Crippen LogP) is 5.51. The number of fused-ring (bicyclic) bond motifs is 2. The van der Waals surface area contributed by atoms with E-state index in [0.717, 1.165) is 36.8 Å². The van der Waals surface area contributed by atoms with E-state index in [4.69, 9.17) is 9.47 Å². The number of rotatable bonds is 8. The van der Waals surface area contributed by atoms with Crippen LogP contribution in [-0.2, 0) is 19.1 Å². The second-order valence-electron chi connectivity index (χ2n) is 16.9. The van der Waals surface area contributed by atoms with Gasteiger partial charge in [-0.05, 0) is 99.0 Å². The lowest BCUT2D eigenvalue weighted by Gasteiger charge is -2.66. The van der Waals surface area contributed by atoms with Gasteiger partial charge in [-0.1, -0.05) is 64.2 Å². The van der Waals surface area contributed by atoms with Gasteiger partial charge in [-0.25, -0.2) is 9.59 Å². The fourth-order valence-electron chi connectivity index (χ4n) is 11.8.